The molecule has 1 N–H and O–H groups in total. The zero-order valence-electron chi connectivity index (χ0n) is 15.5. The Morgan fingerprint density at radius 2 is 1.96 bits per heavy atom. The van der Waals surface area contributed by atoms with Crippen LogP contribution in [0.3, 0.4) is 0 Å². The van der Waals surface area contributed by atoms with Crippen molar-refractivity contribution in [2.75, 3.05) is 32.8 Å². The molecule has 1 saturated heterocycles. The van der Waals surface area contributed by atoms with Gasteiger partial charge in [0.05, 0.1) is 19.3 Å². The van der Waals surface area contributed by atoms with Crippen LogP contribution in [-0.2, 0) is 9.53 Å². The number of amides is 1. The number of hydrogen-bond donors (Lipinski definition) is 1. The number of aryl methyl sites for hydroxylation is 1. The maximum absolute atomic E-state index is 13.7. The third-order valence-electron chi connectivity index (χ3n) is 4.69. The maximum Gasteiger partial charge on any atom is 0.244 e. The van der Waals surface area contributed by atoms with Crippen LogP contribution in [0.5, 0.6) is 0 Å². The standard InChI is InChI=1S/C22H25FN2O2/c1-17-5-7-18(8-6-17)9-10-22(26)24-16-21(25-11-13-27-14-12-25)19-3-2-4-20(23)15-19/h2-10,15,21H,11-14,16H2,1H3,(H,24,26)/b10-9+. The minimum Gasteiger partial charge on any atom is -0.379 e. The molecule has 142 valence electrons. The topological polar surface area (TPSA) is 41.6 Å². The van der Waals surface area contributed by atoms with Gasteiger partial charge in [0.2, 0.25) is 5.91 Å². The lowest BCUT2D eigenvalue weighted by atomic mass is 10.0. The molecule has 1 unspecified atom stereocenters. The number of benzene rings is 2. The Morgan fingerprint density at radius 1 is 1.22 bits per heavy atom. The summed E-state index contributed by atoms with van der Waals surface area (Å²) in [6, 6.07) is 14.5. The van der Waals surface area contributed by atoms with E-state index in [0.29, 0.717) is 19.8 Å². The van der Waals surface area contributed by atoms with Gasteiger partial charge in [-0.15, -0.1) is 0 Å². The van der Waals surface area contributed by atoms with Crippen LogP contribution in [0.15, 0.2) is 54.6 Å². The molecule has 0 radical (unpaired) electrons. The molecule has 1 fully saturated rings. The van der Waals surface area contributed by atoms with Gasteiger partial charge in [-0.05, 0) is 36.3 Å². The fraction of sp³-hybridized carbons (Fsp3) is 0.318. The number of morpholine rings is 1. The van der Waals surface area contributed by atoms with Gasteiger partial charge in [0.15, 0.2) is 0 Å². The van der Waals surface area contributed by atoms with Gasteiger partial charge in [0, 0.05) is 25.7 Å². The van der Waals surface area contributed by atoms with E-state index in [2.05, 4.69) is 10.2 Å². The van der Waals surface area contributed by atoms with Crippen LogP contribution >= 0.6 is 0 Å². The van der Waals surface area contributed by atoms with Crippen LogP contribution < -0.4 is 5.32 Å². The van der Waals surface area contributed by atoms with Gasteiger partial charge in [-0.2, -0.15) is 0 Å². The van der Waals surface area contributed by atoms with Crippen molar-refractivity contribution >= 4 is 12.0 Å². The second-order valence-corrected chi connectivity index (χ2v) is 6.71. The molecule has 0 aliphatic carbocycles. The largest absolute Gasteiger partial charge is 0.379 e. The molecule has 2 aromatic carbocycles. The zero-order chi connectivity index (χ0) is 19.1. The van der Waals surface area contributed by atoms with E-state index >= 15 is 0 Å². The fourth-order valence-corrected chi connectivity index (χ4v) is 3.17. The van der Waals surface area contributed by atoms with Crippen LogP contribution in [0.25, 0.3) is 6.08 Å². The van der Waals surface area contributed by atoms with Crippen molar-refractivity contribution in [1.82, 2.24) is 10.2 Å². The first kappa shape index (κ1) is 19.3. The molecule has 2 aromatic rings. The van der Waals surface area contributed by atoms with E-state index < -0.39 is 0 Å². The van der Waals surface area contributed by atoms with Crippen LogP contribution in [0.2, 0.25) is 0 Å². The first-order valence-electron chi connectivity index (χ1n) is 9.22. The van der Waals surface area contributed by atoms with Crippen molar-refractivity contribution in [2.45, 2.75) is 13.0 Å². The van der Waals surface area contributed by atoms with Gasteiger partial charge >= 0.3 is 0 Å². The third kappa shape index (κ3) is 5.74. The molecule has 1 aliphatic heterocycles. The van der Waals surface area contributed by atoms with Gasteiger partial charge in [-0.1, -0.05) is 42.0 Å². The number of carbonyl (C=O) groups is 1. The van der Waals surface area contributed by atoms with Crippen LogP contribution in [0, 0.1) is 12.7 Å². The number of nitrogens with zero attached hydrogens (tertiary/aromatic N) is 1. The minimum absolute atomic E-state index is 0.0821. The molecule has 1 atom stereocenters. The molecule has 0 aromatic heterocycles. The number of carbonyl (C=O) groups excluding carboxylic acids is 1. The molecule has 0 saturated carbocycles. The molecule has 27 heavy (non-hydrogen) atoms. The summed E-state index contributed by atoms with van der Waals surface area (Å²) in [5, 5.41) is 2.95. The lowest BCUT2D eigenvalue weighted by molar-refractivity contribution is -0.116. The Kier molecular flexibility index (Phi) is 6.74. The van der Waals surface area contributed by atoms with E-state index in [9.17, 15) is 9.18 Å². The summed E-state index contributed by atoms with van der Waals surface area (Å²) in [6.45, 7) is 5.26. The lowest BCUT2D eigenvalue weighted by Crippen LogP contribution is -2.43. The van der Waals surface area contributed by atoms with Crippen molar-refractivity contribution in [3.05, 3.63) is 77.1 Å². The monoisotopic (exact) mass is 368 g/mol. The first-order valence-corrected chi connectivity index (χ1v) is 9.22. The lowest BCUT2D eigenvalue weighted by Gasteiger charge is -2.34. The highest BCUT2D eigenvalue weighted by molar-refractivity contribution is 5.91. The third-order valence-corrected chi connectivity index (χ3v) is 4.69. The first-order chi connectivity index (χ1) is 13.1. The summed E-state index contributed by atoms with van der Waals surface area (Å²) in [7, 11) is 0. The van der Waals surface area contributed by atoms with Gasteiger partial charge in [-0.25, -0.2) is 4.39 Å². The van der Waals surface area contributed by atoms with Crippen molar-refractivity contribution in [3.8, 4) is 0 Å². The van der Waals surface area contributed by atoms with Crippen molar-refractivity contribution < 1.29 is 13.9 Å². The number of nitrogens with one attached hydrogen (secondary N) is 1. The Morgan fingerprint density at radius 3 is 2.67 bits per heavy atom. The summed E-state index contributed by atoms with van der Waals surface area (Å²) < 4.78 is 19.1. The van der Waals surface area contributed by atoms with Crippen LogP contribution in [-0.4, -0.2) is 43.7 Å². The van der Waals surface area contributed by atoms with E-state index in [-0.39, 0.29) is 17.8 Å². The molecular formula is C22H25FN2O2. The molecule has 1 amide bonds. The average Bonchev–Trinajstić information content (AvgIpc) is 2.69. The molecule has 4 nitrogen and oxygen atoms in total. The SMILES string of the molecule is Cc1ccc(/C=C/C(=O)NCC(c2cccc(F)c2)N2CCOCC2)cc1. The predicted octanol–water partition coefficient (Wildman–Crippen LogP) is 3.34. The van der Waals surface area contributed by atoms with Crippen LogP contribution in [0.1, 0.15) is 22.7 Å². The highest BCUT2D eigenvalue weighted by Crippen LogP contribution is 2.22. The Bertz CT molecular complexity index is 783. The Hall–Kier alpha value is -2.50. The zero-order valence-corrected chi connectivity index (χ0v) is 15.5. The summed E-state index contributed by atoms with van der Waals surface area (Å²) in [6.07, 6.45) is 3.33. The second kappa shape index (κ2) is 9.44. The summed E-state index contributed by atoms with van der Waals surface area (Å²) >= 11 is 0. The molecule has 0 spiro atoms. The summed E-state index contributed by atoms with van der Waals surface area (Å²) in [5.74, 6) is -0.429. The van der Waals surface area contributed by atoms with Crippen LogP contribution in [0.4, 0.5) is 4.39 Å². The fourth-order valence-electron chi connectivity index (χ4n) is 3.17. The van der Waals surface area contributed by atoms with Crippen molar-refractivity contribution in [3.63, 3.8) is 0 Å². The van der Waals surface area contributed by atoms with E-state index in [1.165, 1.54) is 23.8 Å². The second-order valence-electron chi connectivity index (χ2n) is 6.71. The maximum atomic E-state index is 13.7. The van der Waals surface area contributed by atoms with Gasteiger partial charge in [0.1, 0.15) is 5.82 Å². The highest BCUT2D eigenvalue weighted by atomic mass is 19.1. The van der Waals surface area contributed by atoms with Crippen molar-refractivity contribution in [2.24, 2.45) is 0 Å². The van der Waals surface area contributed by atoms with Crippen molar-refractivity contribution in [1.29, 1.82) is 0 Å². The molecule has 0 bridgehead atoms. The molecule has 5 heteroatoms. The molecule has 1 aliphatic rings. The summed E-state index contributed by atoms with van der Waals surface area (Å²) in [4.78, 5) is 14.5. The smallest absolute Gasteiger partial charge is 0.244 e. The average molecular weight is 368 g/mol. The molecule has 1 heterocycles. The van der Waals surface area contributed by atoms with E-state index in [0.717, 1.165) is 24.2 Å². The summed E-state index contributed by atoms with van der Waals surface area (Å²) in [5.41, 5.74) is 3.02. The van der Waals surface area contributed by atoms with E-state index in [4.69, 9.17) is 4.74 Å². The van der Waals surface area contributed by atoms with E-state index in [1.54, 1.807) is 12.1 Å². The normalized spacial score (nSPS) is 16.4. The minimum atomic E-state index is -0.267. The molecular weight excluding hydrogens is 343 g/mol. The Balaban J connectivity index is 1.64. The molecule has 3 rings (SSSR count). The highest BCUT2D eigenvalue weighted by Gasteiger charge is 2.23. The number of ether oxygens (including phenoxy) is 1. The van der Waals surface area contributed by atoms with Gasteiger partial charge in [0.25, 0.3) is 0 Å². The van der Waals surface area contributed by atoms with E-state index in [1.807, 2.05) is 37.3 Å². The predicted molar refractivity (Wildman–Crippen MR) is 105 cm³/mol. The van der Waals surface area contributed by atoms with Gasteiger partial charge < -0.3 is 10.1 Å². The Labute approximate surface area is 159 Å². The van der Waals surface area contributed by atoms with Gasteiger partial charge in [-0.3, -0.25) is 9.69 Å². The number of hydrogen-bond acceptors (Lipinski definition) is 3. The number of rotatable bonds is 6. The number of halogens is 1. The quantitative estimate of drug-likeness (QED) is 0.795.